The Bertz CT molecular complexity index is 818. The lowest BCUT2D eigenvalue weighted by Crippen LogP contribution is -2.50. The molecule has 0 N–H and O–H groups in total. The first-order valence-corrected chi connectivity index (χ1v) is 8.63. The Labute approximate surface area is 159 Å². The van der Waals surface area contributed by atoms with Gasteiger partial charge in [0.25, 0.3) is 11.8 Å². The number of rotatable bonds is 4. The summed E-state index contributed by atoms with van der Waals surface area (Å²) in [5, 5.41) is 0. The van der Waals surface area contributed by atoms with Crippen LogP contribution in [-0.2, 0) is 0 Å². The van der Waals surface area contributed by atoms with Crippen LogP contribution in [0.1, 0.15) is 20.7 Å². The third-order valence-corrected chi connectivity index (χ3v) is 4.24. The number of hydrogen-bond acceptors (Lipinski definition) is 4. The molecule has 3 rings (SSSR count). The van der Waals surface area contributed by atoms with Crippen LogP contribution < -0.4 is 4.74 Å². The third-order valence-electron chi connectivity index (χ3n) is 4.24. The van der Waals surface area contributed by atoms with Crippen molar-refractivity contribution in [3.63, 3.8) is 0 Å². The van der Waals surface area contributed by atoms with E-state index >= 15 is 0 Å². The number of ether oxygens (including phenoxy) is 1. The number of amides is 2. The average molecular weight is 393 g/mol. The van der Waals surface area contributed by atoms with E-state index in [0.717, 1.165) is 0 Å². The highest BCUT2D eigenvalue weighted by Gasteiger charge is 2.29. The van der Waals surface area contributed by atoms with Crippen LogP contribution in [0.25, 0.3) is 0 Å². The lowest BCUT2D eigenvalue weighted by atomic mass is 10.1. The minimum atomic E-state index is -4.45. The Morgan fingerprint density at radius 2 is 1.46 bits per heavy atom. The van der Waals surface area contributed by atoms with Crippen molar-refractivity contribution in [3.05, 3.63) is 59.8 Å². The Kier molecular flexibility index (Phi) is 5.81. The Morgan fingerprint density at radius 3 is 1.96 bits per heavy atom. The summed E-state index contributed by atoms with van der Waals surface area (Å²) in [5.74, 6) is -0.575. The fourth-order valence-electron chi connectivity index (χ4n) is 2.81. The first kappa shape index (κ1) is 19.7. The van der Waals surface area contributed by atoms with Gasteiger partial charge in [0.1, 0.15) is 0 Å². The van der Waals surface area contributed by atoms with Crippen LogP contribution >= 0.6 is 0 Å². The molecule has 1 aliphatic heterocycles. The van der Waals surface area contributed by atoms with Crippen LogP contribution in [0.3, 0.4) is 0 Å². The van der Waals surface area contributed by atoms with Gasteiger partial charge in [-0.25, -0.2) is 4.98 Å². The highest BCUT2D eigenvalue weighted by molar-refractivity contribution is 5.95. The molecule has 9 heteroatoms. The van der Waals surface area contributed by atoms with Gasteiger partial charge in [-0.3, -0.25) is 9.59 Å². The van der Waals surface area contributed by atoms with Gasteiger partial charge >= 0.3 is 6.18 Å². The molecule has 0 spiro atoms. The van der Waals surface area contributed by atoms with E-state index in [-0.39, 0.29) is 23.3 Å². The number of halogens is 3. The molecule has 1 saturated heterocycles. The van der Waals surface area contributed by atoms with Crippen LogP contribution in [0, 0.1) is 0 Å². The van der Waals surface area contributed by atoms with E-state index in [9.17, 15) is 22.8 Å². The average Bonchev–Trinajstić information content (AvgIpc) is 2.72. The third kappa shape index (κ3) is 4.99. The zero-order chi connectivity index (χ0) is 20.1. The summed E-state index contributed by atoms with van der Waals surface area (Å²) >= 11 is 0. The normalized spacial score (nSPS) is 14.7. The maximum atomic E-state index is 12.5. The van der Waals surface area contributed by atoms with Gasteiger partial charge in [0.15, 0.2) is 6.61 Å². The van der Waals surface area contributed by atoms with Crippen LogP contribution in [0.5, 0.6) is 5.88 Å². The standard InChI is InChI=1S/C19H18F3N3O3/c20-19(21,22)13-28-16-7-6-15(12-23-16)18(27)25-10-8-24(9-11-25)17(26)14-4-2-1-3-5-14/h1-7,12H,8-11,13H2. The number of hydrogen-bond donors (Lipinski definition) is 0. The van der Waals surface area contributed by atoms with Crippen molar-refractivity contribution in [2.75, 3.05) is 32.8 Å². The van der Waals surface area contributed by atoms with Crippen LogP contribution in [0.2, 0.25) is 0 Å². The molecule has 1 aromatic carbocycles. The maximum Gasteiger partial charge on any atom is 0.422 e. The van der Waals surface area contributed by atoms with E-state index < -0.39 is 12.8 Å². The molecule has 2 heterocycles. The summed E-state index contributed by atoms with van der Waals surface area (Å²) < 4.78 is 41.0. The number of carbonyl (C=O) groups excluding carboxylic acids is 2. The molecular weight excluding hydrogens is 375 g/mol. The molecule has 2 amide bonds. The summed E-state index contributed by atoms with van der Waals surface area (Å²) in [6.07, 6.45) is -3.26. The molecule has 6 nitrogen and oxygen atoms in total. The monoisotopic (exact) mass is 393 g/mol. The van der Waals surface area contributed by atoms with Crippen molar-refractivity contribution in [1.82, 2.24) is 14.8 Å². The van der Waals surface area contributed by atoms with Gasteiger partial charge in [-0.15, -0.1) is 0 Å². The fraction of sp³-hybridized carbons (Fsp3) is 0.316. The highest BCUT2D eigenvalue weighted by Crippen LogP contribution is 2.18. The van der Waals surface area contributed by atoms with Crippen molar-refractivity contribution in [2.24, 2.45) is 0 Å². The van der Waals surface area contributed by atoms with E-state index in [1.165, 1.54) is 18.3 Å². The van der Waals surface area contributed by atoms with Gasteiger partial charge in [-0.1, -0.05) is 18.2 Å². The van der Waals surface area contributed by atoms with Crippen LogP contribution in [0.15, 0.2) is 48.7 Å². The molecule has 28 heavy (non-hydrogen) atoms. The highest BCUT2D eigenvalue weighted by atomic mass is 19.4. The van der Waals surface area contributed by atoms with Crippen LogP contribution in [-0.4, -0.2) is 65.6 Å². The van der Waals surface area contributed by atoms with E-state index in [2.05, 4.69) is 9.72 Å². The lowest BCUT2D eigenvalue weighted by Gasteiger charge is -2.34. The van der Waals surface area contributed by atoms with Crippen molar-refractivity contribution >= 4 is 11.8 Å². The SMILES string of the molecule is O=C(c1ccccc1)N1CCN(C(=O)c2ccc(OCC(F)(F)F)nc2)CC1. The second-order valence-corrected chi connectivity index (χ2v) is 6.24. The number of nitrogens with zero attached hydrogens (tertiary/aromatic N) is 3. The fourth-order valence-corrected chi connectivity index (χ4v) is 2.81. The van der Waals surface area contributed by atoms with Crippen molar-refractivity contribution in [3.8, 4) is 5.88 Å². The summed E-state index contributed by atoms with van der Waals surface area (Å²) in [6.45, 7) is 0.0947. The lowest BCUT2D eigenvalue weighted by molar-refractivity contribution is -0.154. The van der Waals surface area contributed by atoms with Gasteiger partial charge in [0.05, 0.1) is 5.56 Å². The second kappa shape index (κ2) is 8.28. The topological polar surface area (TPSA) is 62.7 Å². The van der Waals surface area contributed by atoms with E-state index in [0.29, 0.717) is 31.7 Å². The van der Waals surface area contributed by atoms with Gasteiger partial charge < -0.3 is 14.5 Å². The van der Waals surface area contributed by atoms with Gasteiger partial charge in [-0.2, -0.15) is 13.2 Å². The van der Waals surface area contributed by atoms with Gasteiger partial charge in [0.2, 0.25) is 5.88 Å². The van der Waals surface area contributed by atoms with E-state index in [1.54, 1.807) is 34.1 Å². The van der Waals surface area contributed by atoms with Crippen LogP contribution in [0.4, 0.5) is 13.2 Å². The van der Waals surface area contributed by atoms with Gasteiger partial charge in [0, 0.05) is 44.0 Å². The Morgan fingerprint density at radius 1 is 0.893 bits per heavy atom. The predicted octanol–water partition coefficient (Wildman–Crippen LogP) is 2.62. The Balaban J connectivity index is 1.54. The summed E-state index contributed by atoms with van der Waals surface area (Å²) in [6, 6.07) is 11.5. The summed E-state index contributed by atoms with van der Waals surface area (Å²) in [4.78, 5) is 32.0. The summed E-state index contributed by atoms with van der Waals surface area (Å²) in [7, 11) is 0. The summed E-state index contributed by atoms with van der Waals surface area (Å²) in [5.41, 5.74) is 0.850. The van der Waals surface area contributed by atoms with Gasteiger partial charge in [-0.05, 0) is 18.2 Å². The molecule has 0 unspecified atom stereocenters. The molecular formula is C19H18F3N3O3. The van der Waals surface area contributed by atoms with Crippen molar-refractivity contribution < 1.29 is 27.5 Å². The molecule has 148 valence electrons. The minimum absolute atomic E-state index is 0.0828. The first-order chi connectivity index (χ1) is 13.3. The first-order valence-electron chi connectivity index (χ1n) is 8.63. The second-order valence-electron chi connectivity index (χ2n) is 6.24. The van der Waals surface area contributed by atoms with Crippen molar-refractivity contribution in [2.45, 2.75) is 6.18 Å². The molecule has 0 bridgehead atoms. The smallest absolute Gasteiger partial charge is 0.422 e. The van der Waals surface area contributed by atoms with E-state index in [1.807, 2.05) is 6.07 Å². The number of pyridine rings is 1. The molecule has 0 atom stereocenters. The number of alkyl halides is 3. The molecule has 2 aromatic rings. The number of piperazine rings is 1. The zero-order valence-electron chi connectivity index (χ0n) is 14.9. The maximum absolute atomic E-state index is 12.5. The molecule has 0 saturated carbocycles. The molecule has 0 aliphatic carbocycles. The molecule has 0 radical (unpaired) electrons. The quantitative estimate of drug-likeness (QED) is 0.801. The largest absolute Gasteiger partial charge is 0.468 e. The Hall–Kier alpha value is -3.10. The molecule has 1 aromatic heterocycles. The minimum Gasteiger partial charge on any atom is -0.468 e. The van der Waals surface area contributed by atoms with E-state index in [4.69, 9.17) is 0 Å². The number of benzene rings is 1. The van der Waals surface area contributed by atoms with Crippen molar-refractivity contribution in [1.29, 1.82) is 0 Å². The number of aromatic nitrogens is 1. The zero-order valence-corrected chi connectivity index (χ0v) is 14.9. The molecule has 1 aliphatic rings. The predicted molar refractivity (Wildman–Crippen MR) is 94.0 cm³/mol. The molecule has 1 fully saturated rings. The number of carbonyl (C=O) groups is 2.